The lowest BCUT2D eigenvalue weighted by Gasteiger charge is -2.02. The largest absolute Gasteiger partial charge is 0.332 e. The Kier molecular flexibility index (Phi) is 4.78. The Morgan fingerprint density at radius 3 is 2.28 bits per heavy atom. The van der Waals surface area contributed by atoms with Crippen LogP contribution in [-0.2, 0) is 5.75 Å². The van der Waals surface area contributed by atoms with Crippen LogP contribution in [0.15, 0.2) is 65.8 Å². The summed E-state index contributed by atoms with van der Waals surface area (Å²) in [7, 11) is 0. The highest BCUT2D eigenvalue weighted by Crippen LogP contribution is 2.33. The van der Waals surface area contributed by atoms with Crippen molar-refractivity contribution >= 4 is 35.3 Å². The summed E-state index contributed by atoms with van der Waals surface area (Å²) in [4.78, 5) is 8.29. The summed E-state index contributed by atoms with van der Waals surface area (Å²) in [5, 5.41) is 8.86. The van der Waals surface area contributed by atoms with Gasteiger partial charge < -0.3 is 4.98 Å². The molecule has 4 nitrogen and oxygen atoms in total. The molecule has 0 spiro atoms. The zero-order valence-corrected chi connectivity index (χ0v) is 15.5. The van der Waals surface area contributed by atoms with E-state index in [1.165, 1.54) is 11.3 Å². The first-order valence-electron chi connectivity index (χ1n) is 7.67. The maximum Gasteiger partial charge on any atom is 0.176 e. The van der Waals surface area contributed by atoms with Crippen molar-refractivity contribution in [2.45, 2.75) is 10.9 Å². The van der Waals surface area contributed by atoms with E-state index >= 15 is 0 Å². The van der Waals surface area contributed by atoms with Crippen LogP contribution in [0.5, 0.6) is 0 Å². The van der Waals surface area contributed by atoms with Gasteiger partial charge in [0.1, 0.15) is 5.01 Å². The van der Waals surface area contributed by atoms with Crippen molar-refractivity contribution in [2.75, 3.05) is 0 Å². The number of benzene rings is 2. The van der Waals surface area contributed by atoms with Crippen LogP contribution in [0.4, 0.5) is 0 Å². The lowest BCUT2D eigenvalue weighted by atomic mass is 10.1. The summed E-state index contributed by atoms with van der Waals surface area (Å²) in [6.45, 7) is 0. The highest BCUT2D eigenvalue weighted by Gasteiger charge is 2.14. The summed E-state index contributed by atoms with van der Waals surface area (Å²) < 4.78 is 0.699. The minimum absolute atomic E-state index is 0.699. The van der Waals surface area contributed by atoms with Crippen LogP contribution in [0.1, 0.15) is 5.01 Å². The minimum atomic E-state index is 0.699. The summed E-state index contributed by atoms with van der Waals surface area (Å²) in [5.41, 5.74) is 4.21. The van der Waals surface area contributed by atoms with Gasteiger partial charge in [0.15, 0.2) is 9.11 Å². The van der Waals surface area contributed by atoms with E-state index in [1.807, 2.05) is 36.4 Å². The van der Waals surface area contributed by atoms with Gasteiger partial charge in [-0.05, 0) is 12.2 Å². The van der Waals surface area contributed by atoms with Crippen molar-refractivity contribution in [3.8, 4) is 22.5 Å². The lowest BCUT2D eigenvalue weighted by Crippen LogP contribution is -1.82. The molecule has 0 aliphatic carbocycles. The molecule has 25 heavy (non-hydrogen) atoms. The molecule has 2 aromatic heterocycles. The average Bonchev–Trinajstić information content (AvgIpc) is 3.28. The minimum Gasteiger partial charge on any atom is -0.332 e. The van der Waals surface area contributed by atoms with Crippen LogP contribution in [-0.4, -0.2) is 20.2 Å². The molecule has 0 fully saturated rings. The normalized spacial score (nSPS) is 10.9. The molecule has 0 saturated heterocycles. The van der Waals surface area contributed by atoms with Gasteiger partial charge in [-0.15, -0.1) is 0 Å². The van der Waals surface area contributed by atoms with Crippen LogP contribution in [0, 0.1) is 3.95 Å². The van der Waals surface area contributed by atoms with Crippen LogP contribution in [0.25, 0.3) is 22.5 Å². The van der Waals surface area contributed by atoms with E-state index < -0.39 is 0 Å². The number of thioether (sulfide) groups is 1. The van der Waals surface area contributed by atoms with E-state index in [4.69, 9.17) is 17.2 Å². The number of aromatic nitrogens is 4. The molecule has 2 N–H and O–H groups in total. The van der Waals surface area contributed by atoms with Crippen molar-refractivity contribution < 1.29 is 0 Å². The highest BCUT2D eigenvalue weighted by molar-refractivity contribution is 7.98. The highest BCUT2D eigenvalue weighted by atomic mass is 32.2. The molecule has 0 unspecified atom stereocenters. The van der Waals surface area contributed by atoms with Crippen molar-refractivity contribution in [1.29, 1.82) is 0 Å². The zero-order chi connectivity index (χ0) is 17.1. The van der Waals surface area contributed by atoms with Crippen LogP contribution in [0.3, 0.4) is 0 Å². The Hall–Kier alpha value is -2.22. The van der Waals surface area contributed by atoms with Gasteiger partial charge >= 0.3 is 0 Å². The second-order valence-corrected chi connectivity index (χ2v) is 8.01. The summed E-state index contributed by atoms with van der Waals surface area (Å²) >= 11 is 8.21. The van der Waals surface area contributed by atoms with Gasteiger partial charge in [0, 0.05) is 11.1 Å². The topological polar surface area (TPSA) is 57.4 Å². The van der Waals surface area contributed by atoms with Crippen molar-refractivity contribution in [1.82, 2.24) is 20.2 Å². The average molecular weight is 383 g/mol. The standard InChI is InChI=1S/C18H14N4S3/c23-18-22-21-14(25-18)11-24-17-19-15(12-7-3-1-4-8-12)16(20-17)13-9-5-2-6-10-13/h1-10H,11H2,(H,19,20)(H,22,23). The Morgan fingerprint density at radius 2 is 1.64 bits per heavy atom. The van der Waals surface area contributed by atoms with Gasteiger partial charge in [-0.1, -0.05) is 83.8 Å². The summed E-state index contributed by atoms with van der Waals surface area (Å²) in [5.74, 6) is 0.730. The molecule has 124 valence electrons. The first-order valence-corrected chi connectivity index (χ1v) is 9.88. The van der Waals surface area contributed by atoms with Crippen LogP contribution >= 0.6 is 35.3 Å². The van der Waals surface area contributed by atoms with Crippen molar-refractivity contribution in [2.24, 2.45) is 0 Å². The number of hydrogen-bond acceptors (Lipinski definition) is 5. The van der Waals surface area contributed by atoms with E-state index in [0.717, 1.165) is 38.4 Å². The van der Waals surface area contributed by atoms with Gasteiger partial charge in [-0.25, -0.2) is 4.98 Å². The number of H-pyrrole nitrogens is 2. The molecule has 2 heterocycles. The molecule has 0 atom stereocenters. The number of hydrogen-bond donors (Lipinski definition) is 2. The SMILES string of the molecule is S=c1[nH]nc(CSc2nc(-c3ccccc3)c(-c3ccccc3)[nH]2)s1. The van der Waals surface area contributed by atoms with E-state index in [2.05, 4.69) is 39.4 Å². The van der Waals surface area contributed by atoms with Gasteiger partial charge in [0.05, 0.1) is 17.1 Å². The smallest absolute Gasteiger partial charge is 0.176 e. The number of nitrogens with one attached hydrogen (secondary N) is 2. The second-order valence-electron chi connectivity index (χ2n) is 5.29. The van der Waals surface area contributed by atoms with Crippen LogP contribution in [0.2, 0.25) is 0 Å². The van der Waals surface area contributed by atoms with E-state index in [0.29, 0.717) is 3.95 Å². The summed E-state index contributed by atoms with van der Waals surface area (Å²) in [6, 6.07) is 20.5. The summed E-state index contributed by atoms with van der Waals surface area (Å²) in [6.07, 6.45) is 0. The molecule has 0 saturated carbocycles. The Labute approximate surface area is 158 Å². The fourth-order valence-corrected chi connectivity index (χ4v) is 4.29. The second kappa shape index (κ2) is 7.35. The first kappa shape index (κ1) is 16.3. The fourth-order valence-electron chi connectivity index (χ4n) is 2.49. The van der Waals surface area contributed by atoms with Crippen LogP contribution < -0.4 is 0 Å². The van der Waals surface area contributed by atoms with Gasteiger partial charge in [0.25, 0.3) is 0 Å². The van der Waals surface area contributed by atoms with E-state index in [1.54, 1.807) is 11.8 Å². The molecule has 0 aliphatic heterocycles. The third kappa shape index (κ3) is 3.73. The molecule has 0 amide bonds. The molecule has 0 radical (unpaired) electrons. The number of aromatic amines is 2. The Bertz CT molecular complexity index is 962. The van der Waals surface area contributed by atoms with Crippen molar-refractivity contribution in [3.63, 3.8) is 0 Å². The molecule has 0 aliphatic rings. The molecule has 4 rings (SSSR count). The maximum atomic E-state index is 5.08. The zero-order valence-electron chi connectivity index (χ0n) is 13.1. The molecule has 2 aromatic carbocycles. The molecular weight excluding hydrogens is 368 g/mol. The molecule has 4 aromatic rings. The number of imidazole rings is 1. The third-order valence-corrected chi connectivity index (χ3v) is 5.76. The Balaban J connectivity index is 1.69. The fraction of sp³-hybridized carbons (Fsp3) is 0.0556. The maximum absolute atomic E-state index is 5.08. The number of rotatable bonds is 5. The monoisotopic (exact) mass is 382 g/mol. The van der Waals surface area contributed by atoms with E-state index in [-0.39, 0.29) is 0 Å². The van der Waals surface area contributed by atoms with Gasteiger partial charge in [-0.3, -0.25) is 5.10 Å². The predicted molar refractivity (Wildman–Crippen MR) is 106 cm³/mol. The third-order valence-electron chi connectivity index (χ3n) is 3.61. The van der Waals surface area contributed by atoms with Crippen molar-refractivity contribution in [3.05, 3.63) is 69.6 Å². The first-order chi connectivity index (χ1) is 12.3. The molecular formula is C18H14N4S3. The predicted octanol–water partition coefficient (Wildman–Crippen LogP) is 5.55. The Morgan fingerprint density at radius 1 is 0.960 bits per heavy atom. The number of nitrogens with zero attached hydrogens (tertiary/aromatic N) is 2. The lowest BCUT2D eigenvalue weighted by molar-refractivity contribution is 1.02. The van der Waals surface area contributed by atoms with Gasteiger partial charge in [0.2, 0.25) is 0 Å². The molecule has 0 bridgehead atoms. The van der Waals surface area contributed by atoms with Gasteiger partial charge in [-0.2, -0.15) is 5.10 Å². The van der Waals surface area contributed by atoms with E-state index in [9.17, 15) is 0 Å². The quantitative estimate of drug-likeness (QED) is 0.351. The molecule has 7 heteroatoms.